The Morgan fingerprint density at radius 1 is 1.23 bits per heavy atom. The van der Waals surface area contributed by atoms with Gasteiger partial charge in [-0.3, -0.25) is 0 Å². The predicted octanol–water partition coefficient (Wildman–Crippen LogP) is 2.73. The minimum atomic E-state index is 0.298. The molecule has 0 saturated heterocycles. The first-order valence-electron chi connectivity index (χ1n) is 6.62. The van der Waals surface area contributed by atoms with Crippen molar-refractivity contribution in [3.05, 3.63) is 48.0 Å². The normalized spacial score (nSPS) is 11.1. The van der Waals surface area contributed by atoms with Crippen molar-refractivity contribution in [1.82, 2.24) is 25.0 Å². The van der Waals surface area contributed by atoms with E-state index in [4.69, 9.17) is 9.26 Å². The average molecular weight is 313 g/mol. The van der Waals surface area contributed by atoms with Crippen LogP contribution in [0.5, 0.6) is 5.75 Å². The standard InChI is InChI=1S/C14H11N5O2S/c1-9-7-11(18-21-9)13-17-19-12(15-16-14(19)22-13)8-20-10-5-3-2-4-6-10/h2-7H,8H2,1H3. The summed E-state index contributed by atoms with van der Waals surface area (Å²) >= 11 is 1.41. The third-order valence-corrected chi connectivity index (χ3v) is 3.93. The van der Waals surface area contributed by atoms with Crippen LogP contribution in [0.2, 0.25) is 0 Å². The molecule has 0 N–H and O–H groups in total. The Hall–Kier alpha value is -2.74. The number of nitrogens with zero attached hydrogens (tertiary/aromatic N) is 5. The van der Waals surface area contributed by atoms with Gasteiger partial charge in [0.05, 0.1) is 0 Å². The molecule has 4 aromatic rings. The molecule has 110 valence electrons. The van der Waals surface area contributed by atoms with Crippen LogP contribution in [0.4, 0.5) is 0 Å². The van der Waals surface area contributed by atoms with Gasteiger partial charge in [-0.05, 0) is 19.1 Å². The minimum absolute atomic E-state index is 0.298. The molecule has 0 unspecified atom stereocenters. The summed E-state index contributed by atoms with van der Waals surface area (Å²) in [4.78, 5) is 0.697. The van der Waals surface area contributed by atoms with Gasteiger partial charge in [0.1, 0.15) is 23.8 Å². The van der Waals surface area contributed by atoms with Crippen LogP contribution in [0.15, 0.2) is 40.9 Å². The van der Waals surface area contributed by atoms with Crippen molar-refractivity contribution in [1.29, 1.82) is 0 Å². The Bertz CT molecular complexity index is 912. The van der Waals surface area contributed by atoms with Gasteiger partial charge in [0.25, 0.3) is 0 Å². The van der Waals surface area contributed by atoms with Gasteiger partial charge in [-0.15, -0.1) is 10.2 Å². The van der Waals surface area contributed by atoms with Crippen molar-refractivity contribution >= 4 is 16.3 Å². The molecule has 7 nitrogen and oxygen atoms in total. The highest BCUT2D eigenvalue weighted by Crippen LogP contribution is 2.25. The molecule has 3 aromatic heterocycles. The van der Waals surface area contributed by atoms with Gasteiger partial charge in [0, 0.05) is 6.07 Å². The Morgan fingerprint density at radius 3 is 2.86 bits per heavy atom. The molecule has 0 fully saturated rings. The molecule has 0 atom stereocenters. The van der Waals surface area contributed by atoms with Crippen LogP contribution >= 0.6 is 11.3 Å². The second kappa shape index (κ2) is 5.23. The highest BCUT2D eigenvalue weighted by atomic mass is 32.1. The van der Waals surface area contributed by atoms with E-state index in [1.54, 1.807) is 4.52 Å². The van der Waals surface area contributed by atoms with E-state index in [0.29, 0.717) is 23.1 Å². The average Bonchev–Trinajstić information content (AvgIpc) is 3.21. The van der Waals surface area contributed by atoms with E-state index in [1.165, 1.54) is 11.3 Å². The molecule has 0 bridgehead atoms. The van der Waals surface area contributed by atoms with Crippen LogP contribution in [0, 0.1) is 6.92 Å². The van der Waals surface area contributed by atoms with Crippen LogP contribution in [0.3, 0.4) is 0 Å². The summed E-state index contributed by atoms with van der Waals surface area (Å²) in [7, 11) is 0. The third-order valence-electron chi connectivity index (χ3n) is 3.01. The number of fused-ring (bicyclic) bond motifs is 1. The lowest BCUT2D eigenvalue weighted by molar-refractivity contribution is 0.293. The maximum atomic E-state index is 5.68. The minimum Gasteiger partial charge on any atom is -0.486 e. The van der Waals surface area contributed by atoms with E-state index in [0.717, 1.165) is 16.5 Å². The van der Waals surface area contributed by atoms with Crippen molar-refractivity contribution in [2.45, 2.75) is 13.5 Å². The molecule has 1 aromatic carbocycles. The molecule has 0 aliphatic heterocycles. The van der Waals surface area contributed by atoms with Crippen molar-refractivity contribution < 1.29 is 9.26 Å². The van der Waals surface area contributed by atoms with Gasteiger partial charge < -0.3 is 9.26 Å². The summed E-state index contributed by atoms with van der Waals surface area (Å²) in [6, 6.07) is 11.4. The molecule has 0 saturated carbocycles. The number of para-hydroxylation sites is 1. The lowest BCUT2D eigenvalue weighted by Gasteiger charge is -2.02. The SMILES string of the molecule is Cc1cc(-c2nn3c(COc4ccccc4)nnc3s2)no1. The van der Waals surface area contributed by atoms with E-state index in [9.17, 15) is 0 Å². The van der Waals surface area contributed by atoms with Crippen LogP contribution in [0.25, 0.3) is 15.7 Å². The summed E-state index contributed by atoms with van der Waals surface area (Å²) in [5.74, 6) is 2.16. The van der Waals surface area contributed by atoms with Crippen LogP contribution in [-0.4, -0.2) is 25.0 Å². The smallest absolute Gasteiger partial charge is 0.235 e. The predicted molar refractivity (Wildman–Crippen MR) is 79.7 cm³/mol. The van der Waals surface area contributed by atoms with Gasteiger partial charge in [-0.25, -0.2) is 0 Å². The first kappa shape index (κ1) is 13.0. The number of benzene rings is 1. The highest BCUT2D eigenvalue weighted by molar-refractivity contribution is 7.19. The maximum Gasteiger partial charge on any atom is 0.235 e. The van der Waals surface area contributed by atoms with Crippen LogP contribution in [0.1, 0.15) is 11.6 Å². The summed E-state index contributed by atoms with van der Waals surface area (Å²) in [6.45, 7) is 2.14. The largest absolute Gasteiger partial charge is 0.486 e. The molecule has 3 heterocycles. The molecular formula is C14H11N5O2S. The number of hydrogen-bond acceptors (Lipinski definition) is 7. The fourth-order valence-corrected chi connectivity index (χ4v) is 2.79. The van der Waals surface area contributed by atoms with Gasteiger partial charge in [0.2, 0.25) is 4.96 Å². The van der Waals surface area contributed by atoms with Crippen molar-refractivity contribution in [3.8, 4) is 16.5 Å². The monoisotopic (exact) mass is 313 g/mol. The lowest BCUT2D eigenvalue weighted by atomic mass is 10.3. The lowest BCUT2D eigenvalue weighted by Crippen LogP contribution is -2.02. The molecule has 0 radical (unpaired) electrons. The van der Waals surface area contributed by atoms with Gasteiger partial charge in [0.15, 0.2) is 10.8 Å². The highest BCUT2D eigenvalue weighted by Gasteiger charge is 2.15. The molecule has 0 aliphatic rings. The Labute approximate surface area is 129 Å². The molecule has 8 heteroatoms. The molecule has 0 aliphatic carbocycles. The number of ether oxygens (including phenoxy) is 1. The first-order valence-corrected chi connectivity index (χ1v) is 7.44. The topological polar surface area (TPSA) is 78.3 Å². The summed E-state index contributed by atoms with van der Waals surface area (Å²) in [6.07, 6.45) is 0. The van der Waals surface area contributed by atoms with Gasteiger partial charge in [-0.1, -0.05) is 34.7 Å². The zero-order valence-electron chi connectivity index (χ0n) is 11.6. The summed E-state index contributed by atoms with van der Waals surface area (Å²) < 4.78 is 12.4. The van der Waals surface area contributed by atoms with Gasteiger partial charge >= 0.3 is 0 Å². The van der Waals surface area contributed by atoms with E-state index >= 15 is 0 Å². The zero-order chi connectivity index (χ0) is 14.9. The van der Waals surface area contributed by atoms with Crippen LogP contribution in [-0.2, 0) is 6.61 Å². The summed E-state index contributed by atoms with van der Waals surface area (Å²) in [5, 5.41) is 17.4. The number of hydrogen-bond donors (Lipinski definition) is 0. The fourth-order valence-electron chi connectivity index (χ4n) is 1.98. The van der Waals surface area contributed by atoms with Crippen molar-refractivity contribution in [2.75, 3.05) is 0 Å². The van der Waals surface area contributed by atoms with Crippen LogP contribution < -0.4 is 4.74 Å². The quantitative estimate of drug-likeness (QED) is 0.576. The molecule has 0 amide bonds. The molecule has 22 heavy (non-hydrogen) atoms. The fraction of sp³-hybridized carbons (Fsp3) is 0.143. The van der Waals surface area contributed by atoms with E-state index in [1.807, 2.05) is 43.3 Å². The van der Waals surface area contributed by atoms with E-state index in [2.05, 4.69) is 20.5 Å². The van der Waals surface area contributed by atoms with Crippen molar-refractivity contribution in [3.63, 3.8) is 0 Å². The number of rotatable bonds is 4. The Morgan fingerprint density at radius 2 is 2.09 bits per heavy atom. The Kier molecular flexibility index (Phi) is 3.08. The van der Waals surface area contributed by atoms with E-state index in [-0.39, 0.29) is 0 Å². The number of aromatic nitrogens is 5. The van der Waals surface area contributed by atoms with Gasteiger partial charge in [-0.2, -0.15) is 9.61 Å². The first-order chi connectivity index (χ1) is 10.8. The molecular weight excluding hydrogens is 302 g/mol. The second-order valence-corrected chi connectivity index (χ2v) is 5.60. The second-order valence-electron chi connectivity index (χ2n) is 4.64. The maximum absolute atomic E-state index is 5.68. The van der Waals surface area contributed by atoms with E-state index < -0.39 is 0 Å². The Balaban J connectivity index is 1.61. The molecule has 4 rings (SSSR count). The summed E-state index contributed by atoms with van der Waals surface area (Å²) in [5.41, 5.74) is 0.697. The molecule has 0 spiro atoms. The third kappa shape index (κ3) is 2.33. The van der Waals surface area contributed by atoms with Crippen molar-refractivity contribution in [2.24, 2.45) is 0 Å². The number of aryl methyl sites for hydroxylation is 1. The zero-order valence-corrected chi connectivity index (χ0v) is 12.4.